The third-order valence-electron chi connectivity index (χ3n) is 2.49. The van der Waals surface area contributed by atoms with E-state index in [-0.39, 0.29) is 6.61 Å². The van der Waals surface area contributed by atoms with E-state index in [1.165, 1.54) is 18.2 Å². The first-order valence-corrected chi connectivity index (χ1v) is 6.50. The zero-order valence-electron chi connectivity index (χ0n) is 10.4. The van der Waals surface area contributed by atoms with E-state index in [2.05, 4.69) is 4.37 Å². The van der Waals surface area contributed by atoms with Crippen LogP contribution in [-0.2, 0) is 10.9 Å². The Morgan fingerprint density at radius 1 is 1.30 bits per heavy atom. The van der Waals surface area contributed by atoms with Crippen molar-refractivity contribution in [1.29, 1.82) is 0 Å². The molecule has 7 heteroatoms. The zero-order chi connectivity index (χ0) is 14.8. The van der Waals surface area contributed by atoms with Crippen LogP contribution in [-0.4, -0.2) is 16.9 Å². The van der Waals surface area contributed by atoms with Crippen molar-refractivity contribution in [3.8, 4) is 11.3 Å². The molecule has 1 heterocycles. The summed E-state index contributed by atoms with van der Waals surface area (Å²) in [5, 5.41) is 0. The van der Waals surface area contributed by atoms with Gasteiger partial charge in [-0.15, -0.1) is 0 Å². The molecule has 0 aliphatic rings. The molecule has 2 rings (SSSR count). The first-order valence-electron chi connectivity index (χ1n) is 5.73. The van der Waals surface area contributed by atoms with Crippen molar-refractivity contribution in [3.63, 3.8) is 0 Å². The van der Waals surface area contributed by atoms with Crippen LogP contribution < -0.4 is 0 Å². The topological polar surface area (TPSA) is 39.2 Å². The third kappa shape index (κ3) is 3.16. The minimum Gasteiger partial charge on any atom is -0.462 e. The molecule has 0 spiro atoms. The number of ether oxygens (including phenoxy) is 1. The maximum Gasteiger partial charge on any atom is 0.416 e. The number of hydrogen-bond acceptors (Lipinski definition) is 4. The van der Waals surface area contributed by atoms with Crippen molar-refractivity contribution in [2.24, 2.45) is 0 Å². The molecule has 0 N–H and O–H groups in total. The molecular formula is C13H10F3NO2S. The molecule has 0 bridgehead atoms. The number of aromatic nitrogens is 1. The van der Waals surface area contributed by atoms with E-state index in [1.54, 1.807) is 6.92 Å². The summed E-state index contributed by atoms with van der Waals surface area (Å²) in [6.07, 6.45) is -4.36. The van der Waals surface area contributed by atoms with E-state index in [9.17, 15) is 18.0 Å². The van der Waals surface area contributed by atoms with Crippen molar-refractivity contribution in [3.05, 3.63) is 40.8 Å². The van der Waals surface area contributed by atoms with Gasteiger partial charge in [-0.2, -0.15) is 17.5 Å². The molecule has 0 aliphatic carbocycles. The minimum atomic E-state index is -4.36. The monoisotopic (exact) mass is 301 g/mol. The lowest BCUT2D eigenvalue weighted by Crippen LogP contribution is -2.04. The smallest absolute Gasteiger partial charge is 0.416 e. The van der Waals surface area contributed by atoms with Gasteiger partial charge in [-0.05, 0) is 36.7 Å². The molecule has 20 heavy (non-hydrogen) atoms. The highest BCUT2D eigenvalue weighted by molar-refractivity contribution is 7.08. The molecule has 106 valence electrons. The van der Waals surface area contributed by atoms with Crippen LogP contribution in [0, 0.1) is 0 Å². The maximum atomic E-state index is 12.4. The first kappa shape index (κ1) is 14.5. The van der Waals surface area contributed by atoms with Gasteiger partial charge in [0.05, 0.1) is 17.9 Å². The van der Waals surface area contributed by atoms with Gasteiger partial charge in [-0.3, -0.25) is 0 Å². The molecule has 0 saturated carbocycles. The standard InChI is InChI=1S/C13H10F3NO2S/c1-2-19-12(18)11-7-10(17-20-11)8-3-5-9(6-4-8)13(14,15)16/h3-7H,2H2,1H3. The van der Waals surface area contributed by atoms with Crippen molar-refractivity contribution in [2.45, 2.75) is 13.1 Å². The molecule has 0 fully saturated rings. The summed E-state index contributed by atoms with van der Waals surface area (Å²) in [5.41, 5.74) is 0.249. The summed E-state index contributed by atoms with van der Waals surface area (Å²) in [4.78, 5) is 11.8. The quantitative estimate of drug-likeness (QED) is 0.804. The number of halogens is 3. The molecule has 0 atom stereocenters. The minimum absolute atomic E-state index is 0.256. The Labute approximate surface area is 117 Å². The molecule has 0 amide bonds. The van der Waals surface area contributed by atoms with Gasteiger partial charge in [0.15, 0.2) is 0 Å². The van der Waals surface area contributed by atoms with E-state index in [4.69, 9.17) is 4.74 Å². The van der Waals surface area contributed by atoms with Crippen molar-refractivity contribution in [2.75, 3.05) is 6.61 Å². The number of esters is 1. The molecule has 0 unspecified atom stereocenters. The fraction of sp³-hybridized carbons (Fsp3) is 0.231. The van der Waals surface area contributed by atoms with Crippen LogP contribution in [0.15, 0.2) is 30.3 Å². The molecule has 1 aromatic heterocycles. The highest BCUT2D eigenvalue weighted by Crippen LogP contribution is 2.31. The number of carbonyl (C=O) groups is 1. The second-order valence-corrected chi connectivity index (χ2v) is 4.68. The van der Waals surface area contributed by atoms with Gasteiger partial charge in [0.25, 0.3) is 0 Å². The molecule has 3 nitrogen and oxygen atoms in total. The van der Waals surface area contributed by atoms with Crippen molar-refractivity contribution in [1.82, 2.24) is 4.37 Å². The predicted molar refractivity (Wildman–Crippen MR) is 68.5 cm³/mol. The van der Waals surface area contributed by atoms with Crippen molar-refractivity contribution < 1.29 is 22.7 Å². The second kappa shape index (κ2) is 5.62. The summed E-state index contributed by atoms with van der Waals surface area (Å²) in [6.45, 7) is 1.95. The molecule has 0 aliphatic heterocycles. The third-order valence-corrected chi connectivity index (χ3v) is 3.26. The van der Waals surface area contributed by atoms with Gasteiger partial charge in [-0.1, -0.05) is 12.1 Å². The molecule has 0 radical (unpaired) electrons. The summed E-state index contributed by atoms with van der Waals surface area (Å²) in [5.74, 6) is -0.483. The number of nitrogens with zero attached hydrogens (tertiary/aromatic N) is 1. The van der Waals surface area contributed by atoms with Crippen LogP contribution in [0.25, 0.3) is 11.3 Å². The Bertz CT molecular complexity index is 605. The average Bonchev–Trinajstić information content (AvgIpc) is 2.88. The lowest BCUT2D eigenvalue weighted by Gasteiger charge is -2.06. The highest BCUT2D eigenvalue weighted by atomic mass is 32.1. The summed E-state index contributed by atoms with van der Waals surface area (Å²) in [6, 6.07) is 6.13. The highest BCUT2D eigenvalue weighted by Gasteiger charge is 2.30. The Morgan fingerprint density at radius 2 is 1.95 bits per heavy atom. The molecule has 1 aromatic carbocycles. The van der Waals surface area contributed by atoms with Crippen LogP contribution in [0.1, 0.15) is 22.2 Å². The molecular weight excluding hydrogens is 291 g/mol. The van der Waals surface area contributed by atoms with Gasteiger partial charge in [0.2, 0.25) is 0 Å². The number of benzene rings is 1. The Morgan fingerprint density at radius 3 is 2.50 bits per heavy atom. The number of rotatable bonds is 3. The summed E-state index contributed by atoms with van der Waals surface area (Å²) in [7, 11) is 0. The van der Waals surface area contributed by atoms with Gasteiger partial charge >= 0.3 is 12.1 Å². The Kier molecular flexibility index (Phi) is 4.08. The van der Waals surface area contributed by atoms with Gasteiger partial charge in [0, 0.05) is 5.56 Å². The Balaban J connectivity index is 2.22. The van der Waals surface area contributed by atoms with E-state index < -0.39 is 17.7 Å². The SMILES string of the molecule is CCOC(=O)c1cc(-c2ccc(C(F)(F)F)cc2)ns1. The lowest BCUT2D eigenvalue weighted by molar-refractivity contribution is -0.137. The average molecular weight is 301 g/mol. The van der Waals surface area contributed by atoms with Gasteiger partial charge < -0.3 is 4.74 Å². The number of carbonyl (C=O) groups excluding carboxylic acids is 1. The largest absolute Gasteiger partial charge is 0.462 e. The van der Waals surface area contributed by atoms with Gasteiger partial charge in [-0.25, -0.2) is 4.79 Å². The van der Waals surface area contributed by atoms with E-state index in [1.807, 2.05) is 0 Å². The maximum absolute atomic E-state index is 12.4. The van der Waals surface area contributed by atoms with Gasteiger partial charge in [0.1, 0.15) is 4.88 Å². The number of hydrogen-bond donors (Lipinski definition) is 0. The van der Waals surface area contributed by atoms with E-state index in [0.717, 1.165) is 23.7 Å². The summed E-state index contributed by atoms with van der Waals surface area (Å²) < 4.78 is 46.2. The van der Waals surface area contributed by atoms with Crippen LogP contribution in [0.2, 0.25) is 0 Å². The molecule has 2 aromatic rings. The fourth-order valence-electron chi connectivity index (χ4n) is 1.54. The lowest BCUT2D eigenvalue weighted by atomic mass is 10.1. The van der Waals surface area contributed by atoms with Crippen molar-refractivity contribution >= 4 is 17.5 Å². The van der Waals surface area contributed by atoms with Crippen LogP contribution in [0.4, 0.5) is 13.2 Å². The van der Waals surface area contributed by atoms with Crippen LogP contribution >= 0.6 is 11.5 Å². The van der Waals surface area contributed by atoms with Crippen LogP contribution in [0.3, 0.4) is 0 Å². The molecule has 0 saturated heterocycles. The van der Waals surface area contributed by atoms with E-state index >= 15 is 0 Å². The normalized spacial score (nSPS) is 11.4. The summed E-state index contributed by atoms with van der Waals surface area (Å²) >= 11 is 0.955. The second-order valence-electron chi connectivity index (χ2n) is 3.87. The van der Waals surface area contributed by atoms with E-state index in [0.29, 0.717) is 16.1 Å². The predicted octanol–water partition coefficient (Wildman–Crippen LogP) is 4.01. The first-order chi connectivity index (χ1) is 9.41. The van der Waals surface area contributed by atoms with Crippen LogP contribution in [0.5, 0.6) is 0 Å². The number of alkyl halides is 3. The zero-order valence-corrected chi connectivity index (χ0v) is 11.2. The fourth-order valence-corrected chi connectivity index (χ4v) is 2.19. The Hall–Kier alpha value is -1.89.